The van der Waals surface area contributed by atoms with Gasteiger partial charge in [-0.3, -0.25) is 4.79 Å². The predicted molar refractivity (Wildman–Crippen MR) is 88.6 cm³/mol. The van der Waals surface area contributed by atoms with Crippen LogP contribution in [0.1, 0.15) is 41.2 Å². The van der Waals surface area contributed by atoms with Gasteiger partial charge in [-0.05, 0) is 57.9 Å². The summed E-state index contributed by atoms with van der Waals surface area (Å²) in [7, 11) is 0. The van der Waals surface area contributed by atoms with E-state index in [0.717, 1.165) is 16.9 Å². The zero-order valence-corrected chi connectivity index (χ0v) is 13.7. The van der Waals surface area contributed by atoms with E-state index < -0.39 is 0 Å². The third-order valence-corrected chi connectivity index (χ3v) is 3.36. The summed E-state index contributed by atoms with van der Waals surface area (Å²) in [5.74, 6) is 0.243. The highest BCUT2D eigenvalue weighted by molar-refractivity contribution is 5.92. The van der Waals surface area contributed by atoms with Crippen LogP contribution in [0.25, 0.3) is 0 Å². The highest BCUT2D eigenvalue weighted by Crippen LogP contribution is 2.21. The zero-order valence-electron chi connectivity index (χ0n) is 13.7. The lowest BCUT2D eigenvalue weighted by atomic mass is 10.1. The molecule has 0 aliphatic heterocycles. The summed E-state index contributed by atoms with van der Waals surface area (Å²) < 4.78 is 0. The van der Waals surface area contributed by atoms with E-state index in [9.17, 15) is 4.79 Å². The Bertz CT molecular complexity index is 695. The molecule has 1 heterocycles. The molecule has 0 fully saturated rings. The minimum absolute atomic E-state index is 0.0678. The number of benzene rings is 1. The minimum Gasteiger partial charge on any atom is -0.349 e. The molecule has 2 rings (SSSR count). The number of nitrogens with one attached hydrogen (secondary N) is 2. The number of amides is 1. The molecule has 0 saturated heterocycles. The number of hydrogen-bond acceptors (Lipinski definition) is 4. The molecule has 0 bridgehead atoms. The number of carbonyl (C=O) groups is 1. The van der Waals surface area contributed by atoms with Crippen molar-refractivity contribution in [3.05, 3.63) is 46.8 Å². The summed E-state index contributed by atoms with van der Waals surface area (Å²) >= 11 is 0. The van der Waals surface area contributed by atoms with Crippen molar-refractivity contribution in [3.8, 4) is 0 Å². The van der Waals surface area contributed by atoms with Gasteiger partial charge in [-0.15, -0.1) is 0 Å². The Kier molecular flexibility index (Phi) is 4.75. The molecule has 2 aromatic rings. The molecule has 0 aliphatic rings. The van der Waals surface area contributed by atoms with Gasteiger partial charge >= 0.3 is 0 Å². The quantitative estimate of drug-likeness (QED) is 0.909. The van der Waals surface area contributed by atoms with Gasteiger partial charge in [0.15, 0.2) is 0 Å². The molecule has 22 heavy (non-hydrogen) atoms. The molecule has 0 saturated carbocycles. The van der Waals surface area contributed by atoms with Crippen molar-refractivity contribution in [1.29, 1.82) is 0 Å². The van der Waals surface area contributed by atoms with E-state index in [2.05, 4.69) is 33.6 Å². The van der Waals surface area contributed by atoms with E-state index in [-0.39, 0.29) is 11.9 Å². The maximum absolute atomic E-state index is 12.1. The van der Waals surface area contributed by atoms with Crippen molar-refractivity contribution in [1.82, 2.24) is 15.3 Å². The number of aryl methyl sites for hydroxylation is 2. The molecular formula is C17H22N4O. The third kappa shape index (κ3) is 3.81. The van der Waals surface area contributed by atoms with Crippen LogP contribution in [0.5, 0.6) is 0 Å². The van der Waals surface area contributed by atoms with Crippen molar-refractivity contribution >= 4 is 17.5 Å². The zero-order chi connectivity index (χ0) is 16.3. The molecule has 0 atom stereocenters. The molecule has 0 spiro atoms. The van der Waals surface area contributed by atoms with Crippen molar-refractivity contribution < 1.29 is 4.79 Å². The Morgan fingerprint density at radius 1 is 1.14 bits per heavy atom. The van der Waals surface area contributed by atoms with E-state index in [1.165, 1.54) is 5.56 Å². The predicted octanol–water partition coefficient (Wildman–Crippen LogP) is 3.28. The van der Waals surface area contributed by atoms with E-state index in [4.69, 9.17) is 0 Å². The first-order valence-electron chi connectivity index (χ1n) is 7.36. The average Bonchev–Trinajstić information content (AvgIpc) is 2.42. The van der Waals surface area contributed by atoms with E-state index in [1.807, 2.05) is 39.8 Å². The number of hydrogen-bond donors (Lipinski definition) is 2. The Morgan fingerprint density at radius 2 is 1.86 bits per heavy atom. The second-order valence-electron chi connectivity index (χ2n) is 5.72. The van der Waals surface area contributed by atoms with Gasteiger partial charge in [0.25, 0.3) is 5.91 Å². The number of nitrogens with zero attached hydrogens (tertiary/aromatic N) is 2. The summed E-state index contributed by atoms with van der Waals surface area (Å²) in [6.45, 7) is 9.78. The average molecular weight is 298 g/mol. The topological polar surface area (TPSA) is 66.9 Å². The molecular weight excluding hydrogens is 276 g/mol. The maximum atomic E-state index is 12.1. The largest absolute Gasteiger partial charge is 0.349 e. The second kappa shape index (κ2) is 6.56. The monoisotopic (exact) mass is 298 g/mol. The van der Waals surface area contributed by atoms with Gasteiger partial charge in [-0.1, -0.05) is 12.1 Å². The highest BCUT2D eigenvalue weighted by atomic mass is 16.1. The normalized spacial score (nSPS) is 10.6. The molecule has 0 aliphatic carbocycles. The van der Waals surface area contributed by atoms with Crippen molar-refractivity contribution in [2.75, 3.05) is 5.32 Å². The molecule has 116 valence electrons. The number of rotatable bonds is 4. The van der Waals surface area contributed by atoms with Crippen LogP contribution in [-0.2, 0) is 0 Å². The van der Waals surface area contributed by atoms with Gasteiger partial charge < -0.3 is 10.6 Å². The molecule has 2 N–H and O–H groups in total. The molecule has 0 radical (unpaired) electrons. The van der Waals surface area contributed by atoms with Crippen LogP contribution < -0.4 is 10.6 Å². The summed E-state index contributed by atoms with van der Waals surface area (Å²) in [6.07, 6.45) is 0. The Morgan fingerprint density at radius 3 is 2.55 bits per heavy atom. The molecule has 1 aromatic heterocycles. The Labute approximate surface area is 131 Å². The van der Waals surface area contributed by atoms with Gasteiger partial charge in [0.05, 0.1) is 0 Å². The number of anilines is 2. The third-order valence-electron chi connectivity index (χ3n) is 3.36. The lowest BCUT2D eigenvalue weighted by Gasteiger charge is -2.12. The van der Waals surface area contributed by atoms with E-state index >= 15 is 0 Å². The van der Waals surface area contributed by atoms with Gasteiger partial charge in [-0.2, -0.15) is 0 Å². The van der Waals surface area contributed by atoms with Crippen molar-refractivity contribution in [2.24, 2.45) is 0 Å². The van der Waals surface area contributed by atoms with Crippen LogP contribution in [-0.4, -0.2) is 21.9 Å². The van der Waals surface area contributed by atoms with E-state index in [0.29, 0.717) is 11.6 Å². The van der Waals surface area contributed by atoms with Crippen LogP contribution >= 0.6 is 0 Å². The standard InChI is InChI=1S/C17H22N4O/c1-10(2)18-16(22)15-9-12(4)19-17(21-15)20-14-8-6-7-11(3)13(14)5/h6-10H,1-5H3,(H,18,22)(H,19,20,21). The fraction of sp³-hybridized carbons (Fsp3) is 0.353. The summed E-state index contributed by atoms with van der Waals surface area (Å²) in [5, 5.41) is 6.04. The Balaban J connectivity index is 2.30. The van der Waals surface area contributed by atoms with Gasteiger partial charge in [0.2, 0.25) is 5.95 Å². The summed E-state index contributed by atoms with van der Waals surface area (Å²) in [6, 6.07) is 7.76. The smallest absolute Gasteiger partial charge is 0.270 e. The maximum Gasteiger partial charge on any atom is 0.270 e. The van der Waals surface area contributed by atoms with Crippen LogP contribution in [0.3, 0.4) is 0 Å². The minimum atomic E-state index is -0.190. The fourth-order valence-electron chi connectivity index (χ4n) is 2.08. The number of carbonyl (C=O) groups excluding carboxylic acids is 1. The highest BCUT2D eigenvalue weighted by Gasteiger charge is 2.12. The molecule has 1 amide bonds. The van der Waals surface area contributed by atoms with E-state index in [1.54, 1.807) is 6.07 Å². The van der Waals surface area contributed by atoms with Crippen LogP contribution in [0.2, 0.25) is 0 Å². The SMILES string of the molecule is Cc1cc(C(=O)NC(C)C)nc(Nc2cccc(C)c2C)n1. The van der Waals surface area contributed by atoms with Gasteiger partial charge in [0, 0.05) is 17.4 Å². The van der Waals surface area contributed by atoms with Crippen LogP contribution in [0, 0.1) is 20.8 Å². The summed E-state index contributed by atoms with van der Waals surface area (Å²) in [4.78, 5) is 20.8. The second-order valence-corrected chi connectivity index (χ2v) is 5.72. The molecule has 5 nitrogen and oxygen atoms in total. The molecule has 1 aromatic carbocycles. The Hall–Kier alpha value is -2.43. The van der Waals surface area contributed by atoms with Crippen LogP contribution in [0.4, 0.5) is 11.6 Å². The van der Waals surface area contributed by atoms with Gasteiger partial charge in [0.1, 0.15) is 5.69 Å². The van der Waals surface area contributed by atoms with Gasteiger partial charge in [-0.25, -0.2) is 9.97 Å². The lowest BCUT2D eigenvalue weighted by molar-refractivity contribution is 0.0938. The first-order valence-corrected chi connectivity index (χ1v) is 7.36. The lowest BCUT2D eigenvalue weighted by Crippen LogP contribution is -2.31. The van der Waals surface area contributed by atoms with Crippen molar-refractivity contribution in [3.63, 3.8) is 0 Å². The molecule has 5 heteroatoms. The first-order chi connectivity index (χ1) is 10.4. The first kappa shape index (κ1) is 15.9. The summed E-state index contributed by atoms with van der Waals surface area (Å²) in [5.41, 5.74) is 4.39. The molecule has 0 unspecified atom stereocenters. The number of aromatic nitrogens is 2. The van der Waals surface area contributed by atoms with Crippen LogP contribution in [0.15, 0.2) is 24.3 Å². The fourth-order valence-corrected chi connectivity index (χ4v) is 2.08. The van der Waals surface area contributed by atoms with Crippen molar-refractivity contribution in [2.45, 2.75) is 40.7 Å².